The van der Waals surface area contributed by atoms with Gasteiger partial charge in [-0.3, -0.25) is 14.6 Å². The topological polar surface area (TPSA) is 81.9 Å². The number of carbonyl (C=O) groups excluding carboxylic acids is 1. The van der Waals surface area contributed by atoms with Gasteiger partial charge in [0.15, 0.2) is 16.9 Å². The van der Waals surface area contributed by atoms with Crippen molar-refractivity contribution in [1.29, 1.82) is 0 Å². The molecular formula is C28H26N2O5. The minimum absolute atomic E-state index is 0.0806. The molecule has 1 aliphatic heterocycles. The highest BCUT2D eigenvalue weighted by molar-refractivity contribution is 5.99. The number of ether oxygens (including phenoxy) is 2. The maximum Gasteiger partial charge on any atom is 0.291 e. The fourth-order valence-corrected chi connectivity index (χ4v) is 4.46. The van der Waals surface area contributed by atoms with Crippen LogP contribution in [0.2, 0.25) is 0 Å². The summed E-state index contributed by atoms with van der Waals surface area (Å²) in [6.07, 6.45) is 4.23. The first kappa shape index (κ1) is 22.7. The second kappa shape index (κ2) is 9.62. The number of fused-ring (bicyclic) bond motifs is 2. The largest absolute Gasteiger partial charge is 0.490 e. The van der Waals surface area contributed by atoms with Gasteiger partial charge in [0.25, 0.3) is 5.91 Å². The third kappa shape index (κ3) is 4.14. The SMILES string of the molecule is CCCOc1ccc([C@H]2c3c(oc4ccccc4c3=O)C(=O)N2Cc2ccncc2)cc1OCC. The predicted octanol–water partition coefficient (Wildman–Crippen LogP) is 5.12. The van der Waals surface area contributed by atoms with Gasteiger partial charge in [-0.05, 0) is 60.9 Å². The van der Waals surface area contributed by atoms with E-state index in [-0.39, 0.29) is 17.1 Å². The summed E-state index contributed by atoms with van der Waals surface area (Å²) in [6, 6.07) is 15.7. The van der Waals surface area contributed by atoms with E-state index in [2.05, 4.69) is 4.98 Å². The molecule has 2 aromatic carbocycles. The molecule has 1 amide bonds. The van der Waals surface area contributed by atoms with Crippen molar-refractivity contribution in [2.45, 2.75) is 32.9 Å². The summed E-state index contributed by atoms with van der Waals surface area (Å²) in [5.41, 5.74) is 2.18. The smallest absolute Gasteiger partial charge is 0.291 e. The van der Waals surface area contributed by atoms with Gasteiger partial charge in [0.2, 0.25) is 5.76 Å². The van der Waals surface area contributed by atoms with Gasteiger partial charge >= 0.3 is 0 Å². The Morgan fingerprint density at radius 1 is 0.971 bits per heavy atom. The lowest BCUT2D eigenvalue weighted by Gasteiger charge is -2.26. The van der Waals surface area contributed by atoms with E-state index in [9.17, 15) is 9.59 Å². The Labute approximate surface area is 202 Å². The number of rotatable bonds is 8. The molecule has 0 saturated carbocycles. The maximum atomic E-state index is 13.7. The van der Waals surface area contributed by atoms with Crippen LogP contribution >= 0.6 is 0 Å². The molecule has 7 nitrogen and oxygen atoms in total. The molecule has 0 N–H and O–H groups in total. The molecule has 0 saturated heterocycles. The Hall–Kier alpha value is -4.13. The Morgan fingerprint density at radius 2 is 1.77 bits per heavy atom. The molecule has 1 aliphatic rings. The lowest BCUT2D eigenvalue weighted by molar-refractivity contribution is 0.0714. The fourth-order valence-electron chi connectivity index (χ4n) is 4.46. The highest BCUT2D eigenvalue weighted by Crippen LogP contribution is 2.41. The standard InChI is InChI=1S/C28H26N2O5/c1-3-15-34-22-10-9-19(16-23(22)33-4-2)25-24-26(31)20-7-5-6-8-21(20)35-27(24)28(32)30(25)17-18-11-13-29-14-12-18/h5-14,16,25H,3-4,15,17H2,1-2H3/t25-/m0/s1. The van der Waals surface area contributed by atoms with Gasteiger partial charge < -0.3 is 18.8 Å². The van der Waals surface area contributed by atoms with E-state index >= 15 is 0 Å². The van der Waals surface area contributed by atoms with E-state index in [1.54, 1.807) is 41.6 Å². The summed E-state index contributed by atoms with van der Waals surface area (Å²) in [6.45, 7) is 5.26. The Morgan fingerprint density at radius 3 is 2.54 bits per heavy atom. The summed E-state index contributed by atoms with van der Waals surface area (Å²) in [5, 5.41) is 0.447. The first-order valence-corrected chi connectivity index (χ1v) is 11.8. The van der Waals surface area contributed by atoms with Gasteiger partial charge in [0, 0.05) is 18.9 Å². The predicted molar refractivity (Wildman–Crippen MR) is 132 cm³/mol. The number of hydrogen-bond donors (Lipinski definition) is 0. The first-order valence-electron chi connectivity index (χ1n) is 11.8. The zero-order chi connectivity index (χ0) is 24.4. The van der Waals surface area contributed by atoms with E-state index in [1.165, 1.54) is 0 Å². The van der Waals surface area contributed by atoms with Gasteiger partial charge in [-0.25, -0.2) is 0 Å². The number of nitrogens with zero attached hydrogens (tertiary/aromatic N) is 2. The molecule has 0 spiro atoms. The van der Waals surface area contributed by atoms with Crippen molar-refractivity contribution < 1.29 is 18.7 Å². The molecule has 0 unspecified atom stereocenters. The van der Waals surface area contributed by atoms with Crippen molar-refractivity contribution in [1.82, 2.24) is 9.88 Å². The molecule has 7 heteroatoms. The summed E-state index contributed by atoms with van der Waals surface area (Å²) >= 11 is 0. The molecule has 2 aromatic heterocycles. The Balaban J connectivity index is 1.68. The van der Waals surface area contributed by atoms with Crippen LogP contribution in [0.3, 0.4) is 0 Å². The second-order valence-corrected chi connectivity index (χ2v) is 8.35. The summed E-state index contributed by atoms with van der Waals surface area (Å²) < 4.78 is 17.7. The van der Waals surface area contributed by atoms with Crippen LogP contribution in [0.5, 0.6) is 11.5 Å². The van der Waals surface area contributed by atoms with Crippen molar-refractivity contribution in [3.63, 3.8) is 0 Å². The Kier molecular flexibility index (Phi) is 6.23. The molecule has 4 aromatic rings. The first-order chi connectivity index (χ1) is 17.1. The van der Waals surface area contributed by atoms with Gasteiger partial charge in [0.05, 0.1) is 30.2 Å². The second-order valence-electron chi connectivity index (χ2n) is 8.35. The van der Waals surface area contributed by atoms with Crippen molar-refractivity contribution in [2.24, 2.45) is 0 Å². The van der Waals surface area contributed by atoms with Crippen LogP contribution in [0.15, 0.2) is 76.2 Å². The zero-order valence-electron chi connectivity index (χ0n) is 19.7. The maximum absolute atomic E-state index is 13.7. The molecule has 178 valence electrons. The lowest BCUT2D eigenvalue weighted by Crippen LogP contribution is -2.29. The summed E-state index contributed by atoms with van der Waals surface area (Å²) in [7, 11) is 0. The van der Waals surface area contributed by atoms with Crippen molar-refractivity contribution in [3.8, 4) is 11.5 Å². The van der Waals surface area contributed by atoms with Crippen LogP contribution in [0.25, 0.3) is 11.0 Å². The van der Waals surface area contributed by atoms with Gasteiger partial charge in [0.1, 0.15) is 5.58 Å². The number of benzene rings is 2. The minimum Gasteiger partial charge on any atom is -0.490 e. The molecule has 0 aliphatic carbocycles. The highest BCUT2D eigenvalue weighted by Gasteiger charge is 2.43. The number of aromatic nitrogens is 1. The minimum atomic E-state index is -0.633. The highest BCUT2D eigenvalue weighted by atomic mass is 16.5. The third-order valence-corrected chi connectivity index (χ3v) is 6.02. The van der Waals surface area contributed by atoms with Crippen LogP contribution in [0.1, 0.15) is 53.6 Å². The number of para-hydroxylation sites is 1. The van der Waals surface area contributed by atoms with Crippen LogP contribution in [0, 0.1) is 0 Å². The van der Waals surface area contributed by atoms with E-state index in [4.69, 9.17) is 13.9 Å². The zero-order valence-corrected chi connectivity index (χ0v) is 19.7. The summed E-state index contributed by atoms with van der Waals surface area (Å²) in [5.74, 6) is 0.965. The monoisotopic (exact) mass is 470 g/mol. The molecule has 0 fully saturated rings. The molecule has 0 radical (unpaired) electrons. The van der Waals surface area contributed by atoms with Crippen molar-refractivity contribution in [3.05, 3.63) is 99.7 Å². The van der Waals surface area contributed by atoms with Gasteiger partial charge in [-0.2, -0.15) is 0 Å². The normalized spacial score (nSPS) is 14.9. The Bertz CT molecular complexity index is 1430. The van der Waals surface area contributed by atoms with Crippen LogP contribution in [-0.2, 0) is 6.54 Å². The number of pyridine rings is 1. The van der Waals surface area contributed by atoms with E-state index in [0.717, 1.165) is 17.5 Å². The molecule has 3 heterocycles. The molecule has 35 heavy (non-hydrogen) atoms. The number of carbonyl (C=O) groups is 1. The van der Waals surface area contributed by atoms with E-state index in [0.29, 0.717) is 47.8 Å². The third-order valence-electron chi connectivity index (χ3n) is 6.02. The van der Waals surface area contributed by atoms with E-state index in [1.807, 2.05) is 44.2 Å². The van der Waals surface area contributed by atoms with Crippen molar-refractivity contribution >= 4 is 16.9 Å². The quantitative estimate of drug-likeness (QED) is 0.355. The average Bonchev–Trinajstić information content (AvgIpc) is 3.15. The lowest BCUT2D eigenvalue weighted by atomic mass is 9.98. The van der Waals surface area contributed by atoms with Crippen LogP contribution < -0.4 is 14.9 Å². The van der Waals surface area contributed by atoms with Gasteiger partial charge in [-0.1, -0.05) is 25.1 Å². The molecule has 1 atom stereocenters. The van der Waals surface area contributed by atoms with Crippen LogP contribution in [-0.4, -0.2) is 29.0 Å². The molecule has 0 bridgehead atoms. The molecular weight excluding hydrogens is 444 g/mol. The summed E-state index contributed by atoms with van der Waals surface area (Å²) in [4.78, 5) is 33.0. The number of amides is 1. The van der Waals surface area contributed by atoms with Crippen molar-refractivity contribution in [2.75, 3.05) is 13.2 Å². The number of hydrogen-bond acceptors (Lipinski definition) is 6. The van der Waals surface area contributed by atoms with Crippen LogP contribution in [0.4, 0.5) is 0 Å². The van der Waals surface area contributed by atoms with Gasteiger partial charge in [-0.15, -0.1) is 0 Å². The molecule has 5 rings (SSSR count). The average molecular weight is 471 g/mol. The van der Waals surface area contributed by atoms with E-state index < -0.39 is 6.04 Å². The fraction of sp³-hybridized carbons (Fsp3) is 0.250.